The number of para-hydroxylation sites is 1. The quantitative estimate of drug-likeness (QED) is 0.895. The zero-order valence-corrected chi connectivity index (χ0v) is 10.3. The van der Waals surface area contributed by atoms with E-state index in [1.54, 1.807) is 13.3 Å². The summed E-state index contributed by atoms with van der Waals surface area (Å²) < 4.78 is 1.82. The highest BCUT2D eigenvalue weighted by Gasteiger charge is 2.25. The highest BCUT2D eigenvalue weighted by Crippen LogP contribution is 2.24. The van der Waals surface area contributed by atoms with Crippen LogP contribution in [-0.4, -0.2) is 25.8 Å². The van der Waals surface area contributed by atoms with E-state index in [0.717, 1.165) is 5.69 Å². The van der Waals surface area contributed by atoms with E-state index in [-0.39, 0.29) is 5.92 Å². The van der Waals surface area contributed by atoms with E-state index in [1.165, 1.54) is 0 Å². The highest BCUT2D eigenvalue weighted by molar-refractivity contribution is 5.70. The van der Waals surface area contributed by atoms with Crippen LogP contribution in [0.5, 0.6) is 0 Å². The van der Waals surface area contributed by atoms with Crippen LogP contribution in [0.3, 0.4) is 0 Å². The fraction of sp³-hybridized carbons (Fsp3) is 0.308. The zero-order valence-electron chi connectivity index (χ0n) is 10.3. The molecular weight excluding hydrogens is 230 g/mol. The molecule has 2 aromatic rings. The average molecular weight is 245 g/mol. The topological polar surface area (TPSA) is 68.0 Å². The minimum absolute atomic E-state index is 0.204. The van der Waals surface area contributed by atoms with Gasteiger partial charge in [0.2, 0.25) is 0 Å². The Kier molecular flexibility index (Phi) is 3.41. The predicted molar refractivity (Wildman–Crippen MR) is 66.6 cm³/mol. The number of aliphatic carboxylic acids is 1. The number of hydrogen-bond donors (Lipinski definition) is 1. The van der Waals surface area contributed by atoms with Crippen molar-refractivity contribution in [3.8, 4) is 5.69 Å². The van der Waals surface area contributed by atoms with Crippen LogP contribution in [0.25, 0.3) is 5.69 Å². The van der Waals surface area contributed by atoms with E-state index in [4.69, 9.17) is 5.11 Å². The fourth-order valence-corrected chi connectivity index (χ4v) is 1.78. The van der Waals surface area contributed by atoms with Gasteiger partial charge in [0.25, 0.3) is 0 Å². The summed E-state index contributed by atoms with van der Waals surface area (Å²) in [5.41, 5.74) is 0.932. The van der Waals surface area contributed by atoms with Crippen molar-refractivity contribution in [2.45, 2.75) is 19.8 Å². The fourth-order valence-electron chi connectivity index (χ4n) is 1.78. The lowest BCUT2D eigenvalue weighted by Crippen LogP contribution is -2.19. The second kappa shape index (κ2) is 5.00. The first-order chi connectivity index (χ1) is 8.61. The number of carboxylic acid groups (broad SMARTS) is 1. The Hall–Kier alpha value is -2.17. The molecule has 5 nitrogen and oxygen atoms in total. The van der Waals surface area contributed by atoms with Crippen molar-refractivity contribution in [1.29, 1.82) is 0 Å². The zero-order chi connectivity index (χ0) is 13.1. The van der Waals surface area contributed by atoms with Gasteiger partial charge in [-0.15, -0.1) is 10.2 Å². The number of rotatable bonds is 4. The van der Waals surface area contributed by atoms with Gasteiger partial charge in [-0.1, -0.05) is 32.0 Å². The van der Waals surface area contributed by atoms with E-state index >= 15 is 0 Å². The molecule has 0 amide bonds. The second-order valence-electron chi connectivity index (χ2n) is 4.31. The molecule has 0 aliphatic rings. The molecule has 1 N–H and O–H groups in total. The molecule has 0 aliphatic carbocycles. The van der Waals surface area contributed by atoms with Crippen LogP contribution in [-0.2, 0) is 4.79 Å². The summed E-state index contributed by atoms with van der Waals surface area (Å²) in [6, 6.07) is 9.64. The normalized spacial score (nSPS) is 14.1. The molecule has 0 radical (unpaired) electrons. The van der Waals surface area contributed by atoms with Gasteiger partial charge in [-0.05, 0) is 12.1 Å². The summed E-state index contributed by atoms with van der Waals surface area (Å²) in [5, 5.41) is 17.0. The maximum absolute atomic E-state index is 11.0. The summed E-state index contributed by atoms with van der Waals surface area (Å²) in [5.74, 6) is -0.872. The number of hydrogen-bond acceptors (Lipinski definition) is 3. The first-order valence-corrected chi connectivity index (χ1v) is 5.79. The highest BCUT2D eigenvalue weighted by atomic mass is 16.4. The number of aromatic nitrogens is 3. The van der Waals surface area contributed by atoms with Gasteiger partial charge in [0.05, 0.1) is 5.92 Å². The van der Waals surface area contributed by atoms with Gasteiger partial charge in [0.1, 0.15) is 12.2 Å². The number of nitrogens with zero attached hydrogens (tertiary/aromatic N) is 3. The van der Waals surface area contributed by atoms with Crippen LogP contribution in [0.4, 0.5) is 0 Å². The molecule has 0 saturated heterocycles. The number of carbonyl (C=O) groups is 1. The molecule has 0 saturated carbocycles. The summed E-state index contributed by atoms with van der Waals surface area (Å²) in [7, 11) is 0. The Morgan fingerprint density at radius 2 is 1.94 bits per heavy atom. The summed E-state index contributed by atoms with van der Waals surface area (Å²) in [6.07, 6.45) is 1.61. The Morgan fingerprint density at radius 1 is 1.28 bits per heavy atom. The van der Waals surface area contributed by atoms with Gasteiger partial charge in [-0.25, -0.2) is 0 Å². The molecule has 5 heteroatoms. The lowest BCUT2D eigenvalue weighted by molar-refractivity contribution is -0.141. The molecule has 2 rings (SSSR count). The lowest BCUT2D eigenvalue weighted by Gasteiger charge is -2.16. The number of benzene rings is 1. The third kappa shape index (κ3) is 2.25. The maximum Gasteiger partial charge on any atom is 0.306 e. The SMILES string of the molecule is CC(C(=O)O)C(C)c1nncn1-c1ccccc1. The molecule has 2 unspecified atom stereocenters. The first kappa shape index (κ1) is 12.3. The van der Waals surface area contributed by atoms with Gasteiger partial charge in [0.15, 0.2) is 0 Å². The van der Waals surface area contributed by atoms with Crippen LogP contribution in [0.1, 0.15) is 25.6 Å². The van der Waals surface area contributed by atoms with Gasteiger partial charge in [-0.2, -0.15) is 0 Å². The summed E-state index contributed by atoms with van der Waals surface area (Å²) in [6.45, 7) is 3.53. The smallest absolute Gasteiger partial charge is 0.306 e. The van der Waals surface area contributed by atoms with Crippen LogP contribution in [0.2, 0.25) is 0 Å². The standard InChI is InChI=1S/C13H15N3O2/c1-9(10(2)13(17)18)12-15-14-8-16(12)11-6-4-3-5-7-11/h3-10H,1-2H3,(H,17,18). The Balaban J connectivity index is 2.37. The molecule has 0 spiro atoms. The van der Waals surface area contributed by atoms with Crippen molar-refractivity contribution >= 4 is 5.97 Å². The summed E-state index contributed by atoms with van der Waals surface area (Å²) >= 11 is 0. The number of carboxylic acids is 1. The monoisotopic (exact) mass is 245 g/mol. The molecule has 0 bridgehead atoms. The van der Waals surface area contributed by atoms with Crippen molar-refractivity contribution in [2.24, 2.45) is 5.92 Å². The van der Waals surface area contributed by atoms with Crippen molar-refractivity contribution in [1.82, 2.24) is 14.8 Å². The van der Waals surface area contributed by atoms with E-state index < -0.39 is 11.9 Å². The molecule has 94 valence electrons. The van der Waals surface area contributed by atoms with Crippen molar-refractivity contribution in [3.63, 3.8) is 0 Å². The molecule has 1 aromatic heterocycles. The van der Waals surface area contributed by atoms with Crippen molar-refractivity contribution in [2.75, 3.05) is 0 Å². The second-order valence-corrected chi connectivity index (χ2v) is 4.31. The van der Waals surface area contributed by atoms with E-state index in [2.05, 4.69) is 10.2 Å². The molecule has 0 aliphatic heterocycles. The Labute approximate surface area is 105 Å². The van der Waals surface area contributed by atoms with E-state index in [1.807, 2.05) is 41.8 Å². The van der Waals surface area contributed by atoms with Crippen LogP contribution < -0.4 is 0 Å². The first-order valence-electron chi connectivity index (χ1n) is 5.79. The molecule has 1 heterocycles. The van der Waals surface area contributed by atoms with Gasteiger partial charge < -0.3 is 5.11 Å². The summed E-state index contributed by atoms with van der Waals surface area (Å²) in [4.78, 5) is 11.0. The van der Waals surface area contributed by atoms with E-state index in [0.29, 0.717) is 5.82 Å². The molecule has 18 heavy (non-hydrogen) atoms. The Morgan fingerprint density at radius 3 is 2.56 bits per heavy atom. The largest absolute Gasteiger partial charge is 0.481 e. The van der Waals surface area contributed by atoms with Crippen LogP contribution >= 0.6 is 0 Å². The minimum atomic E-state index is -0.829. The van der Waals surface area contributed by atoms with Crippen molar-refractivity contribution < 1.29 is 9.90 Å². The molecule has 0 fully saturated rings. The third-order valence-electron chi connectivity index (χ3n) is 3.16. The Bertz CT molecular complexity index is 536. The van der Waals surface area contributed by atoms with Gasteiger partial charge in [-0.3, -0.25) is 9.36 Å². The molecule has 1 aromatic carbocycles. The van der Waals surface area contributed by atoms with Crippen LogP contribution in [0, 0.1) is 5.92 Å². The predicted octanol–water partition coefficient (Wildman–Crippen LogP) is 2.09. The van der Waals surface area contributed by atoms with E-state index in [9.17, 15) is 4.79 Å². The molecule has 2 atom stereocenters. The van der Waals surface area contributed by atoms with Crippen molar-refractivity contribution in [3.05, 3.63) is 42.5 Å². The third-order valence-corrected chi connectivity index (χ3v) is 3.16. The molecular formula is C13H15N3O2. The van der Waals surface area contributed by atoms with Crippen LogP contribution in [0.15, 0.2) is 36.7 Å². The average Bonchev–Trinajstić information content (AvgIpc) is 2.87. The van der Waals surface area contributed by atoms with Gasteiger partial charge >= 0.3 is 5.97 Å². The lowest BCUT2D eigenvalue weighted by atomic mass is 9.95. The van der Waals surface area contributed by atoms with Gasteiger partial charge in [0, 0.05) is 11.6 Å². The minimum Gasteiger partial charge on any atom is -0.481 e. The maximum atomic E-state index is 11.0.